The van der Waals surface area contributed by atoms with Crippen LogP contribution < -0.4 is 10.6 Å². The molecule has 0 radical (unpaired) electrons. The van der Waals surface area contributed by atoms with Gasteiger partial charge in [-0.2, -0.15) is 0 Å². The van der Waals surface area contributed by atoms with Gasteiger partial charge in [0.25, 0.3) is 0 Å². The zero-order valence-corrected chi connectivity index (χ0v) is 10.8. The van der Waals surface area contributed by atoms with Gasteiger partial charge >= 0.3 is 0 Å². The number of anilines is 1. The standard InChI is InChI=1S/C11H14Cl2N2O2/c1-7(14-4-5-16)11(17)15-10-3-2-8(12)6-9(10)13/h2-3,6-7,14,16H,4-5H2,1H3,(H,15,17)/t7-/m0/s1. The summed E-state index contributed by atoms with van der Waals surface area (Å²) in [5.41, 5.74) is 0.513. The van der Waals surface area contributed by atoms with Crippen LogP contribution >= 0.6 is 23.2 Å². The van der Waals surface area contributed by atoms with Gasteiger partial charge in [-0.15, -0.1) is 0 Å². The van der Waals surface area contributed by atoms with Crippen molar-refractivity contribution in [2.45, 2.75) is 13.0 Å². The maximum absolute atomic E-state index is 11.7. The monoisotopic (exact) mass is 276 g/mol. The van der Waals surface area contributed by atoms with Crippen molar-refractivity contribution in [3.63, 3.8) is 0 Å². The summed E-state index contributed by atoms with van der Waals surface area (Å²) in [7, 11) is 0. The van der Waals surface area contributed by atoms with Crippen LogP contribution in [0.4, 0.5) is 5.69 Å². The Morgan fingerprint density at radius 3 is 2.76 bits per heavy atom. The molecule has 0 unspecified atom stereocenters. The lowest BCUT2D eigenvalue weighted by molar-refractivity contribution is -0.117. The predicted octanol–water partition coefficient (Wildman–Crippen LogP) is 1.90. The average molecular weight is 277 g/mol. The minimum Gasteiger partial charge on any atom is -0.395 e. The first-order valence-corrected chi connectivity index (χ1v) is 5.90. The summed E-state index contributed by atoms with van der Waals surface area (Å²) in [5, 5.41) is 15.1. The highest BCUT2D eigenvalue weighted by Gasteiger charge is 2.13. The van der Waals surface area contributed by atoms with E-state index in [0.29, 0.717) is 22.3 Å². The van der Waals surface area contributed by atoms with Crippen molar-refractivity contribution in [3.05, 3.63) is 28.2 Å². The maximum atomic E-state index is 11.7. The van der Waals surface area contributed by atoms with Crippen LogP contribution in [0.1, 0.15) is 6.92 Å². The van der Waals surface area contributed by atoms with Crippen molar-refractivity contribution in [1.82, 2.24) is 5.32 Å². The maximum Gasteiger partial charge on any atom is 0.241 e. The number of halogens is 2. The van der Waals surface area contributed by atoms with E-state index in [2.05, 4.69) is 10.6 Å². The molecule has 0 aliphatic heterocycles. The summed E-state index contributed by atoms with van der Waals surface area (Å²) in [4.78, 5) is 11.7. The molecule has 0 fully saturated rings. The van der Waals surface area contributed by atoms with Gasteiger partial charge < -0.3 is 15.7 Å². The van der Waals surface area contributed by atoms with Crippen LogP contribution in [0.3, 0.4) is 0 Å². The van der Waals surface area contributed by atoms with Crippen molar-refractivity contribution < 1.29 is 9.90 Å². The van der Waals surface area contributed by atoms with Gasteiger partial charge in [0.1, 0.15) is 0 Å². The Labute approximate surface area is 110 Å². The summed E-state index contributed by atoms with van der Waals surface area (Å²) in [6, 6.07) is 4.44. The van der Waals surface area contributed by atoms with Gasteiger partial charge in [-0.1, -0.05) is 23.2 Å². The molecule has 94 valence electrons. The molecule has 1 atom stereocenters. The van der Waals surface area contributed by atoms with Crippen LogP contribution in [0.5, 0.6) is 0 Å². The molecule has 3 N–H and O–H groups in total. The number of carbonyl (C=O) groups is 1. The third kappa shape index (κ3) is 4.52. The molecule has 0 saturated heterocycles. The van der Waals surface area contributed by atoms with Crippen molar-refractivity contribution >= 4 is 34.8 Å². The second kappa shape index (κ2) is 6.81. The molecule has 6 heteroatoms. The Morgan fingerprint density at radius 2 is 2.18 bits per heavy atom. The van der Waals surface area contributed by atoms with Gasteiger partial charge in [0, 0.05) is 11.6 Å². The topological polar surface area (TPSA) is 61.4 Å². The molecule has 0 saturated carbocycles. The summed E-state index contributed by atoms with van der Waals surface area (Å²) in [6.45, 7) is 2.05. The van der Waals surface area contributed by atoms with Crippen LogP contribution in [0.2, 0.25) is 10.0 Å². The van der Waals surface area contributed by atoms with E-state index in [9.17, 15) is 4.79 Å². The summed E-state index contributed by atoms with van der Waals surface area (Å²) in [5.74, 6) is -0.220. The summed E-state index contributed by atoms with van der Waals surface area (Å²) >= 11 is 11.7. The predicted molar refractivity (Wildman–Crippen MR) is 69.6 cm³/mol. The van der Waals surface area contributed by atoms with E-state index in [1.54, 1.807) is 25.1 Å². The van der Waals surface area contributed by atoms with Gasteiger partial charge in [-0.25, -0.2) is 0 Å². The Balaban J connectivity index is 2.61. The molecular formula is C11H14Cl2N2O2. The Kier molecular flexibility index (Phi) is 5.71. The molecule has 0 aliphatic rings. The van der Waals surface area contributed by atoms with E-state index < -0.39 is 6.04 Å². The van der Waals surface area contributed by atoms with Gasteiger partial charge in [0.05, 0.1) is 23.4 Å². The van der Waals surface area contributed by atoms with Crippen molar-refractivity contribution in [2.75, 3.05) is 18.5 Å². The number of aliphatic hydroxyl groups is 1. The number of aliphatic hydroxyl groups excluding tert-OH is 1. The Bertz CT molecular complexity index is 399. The third-order valence-electron chi connectivity index (χ3n) is 2.14. The van der Waals surface area contributed by atoms with Crippen molar-refractivity contribution in [2.24, 2.45) is 0 Å². The largest absolute Gasteiger partial charge is 0.395 e. The first kappa shape index (κ1) is 14.3. The van der Waals surface area contributed by atoms with Gasteiger partial charge in [-0.3, -0.25) is 4.79 Å². The lowest BCUT2D eigenvalue weighted by Crippen LogP contribution is -2.39. The molecule has 0 spiro atoms. The highest BCUT2D eigenvalue weighted by atomic mass is 35.5. The molecule has 1 aromatic carbocycles. The highest BCUT2D eigenvalue weighted by molar-refractivity contribution is 6.36. The van der Waals surface area contributed by atoms with Gasteiger partial charge in [-0.05, 0) is 25.1 Å². The minimum atomic E-state index is -0.408. The minimum absolute atomic E-state index is 0.0146. The SMILES string of the molecule is C[C@H](NCCO)C(=O)Nc1ccc(Cl)cc1Cl. The average Bonchev–Trinajstić information content (AvgIpc) is 2.29. The fourth-order valence-electron chi connectivity index (χ4n) is 1.21. The first-order valence-electron chi connectivity index (χ1n) is 5.14. The number of hydrogen-bond acceptors (Lipinski definition) is 3. The molecule has 0 heterocycles. The lowest BCUT2D eigenvalue weighted by Gasteiger charge is -2.14. The number of rotatable bonds is 5. The van der Waals surface area contributed by atoms with Crippen LogP contribution in [-0.4, -0.2) is 30.2 Å². The molecule has 0 aliphatic carbocycles. The Morgan fingerprint density at radius 1 is 1.47 bits per heavy atom. The highest BCUT2D eigenvalue weighted by Crippen LogP contribution is 2.25. The quantitative estimate of drug-likeness (QED) is 0.770. The lowest BCUT2D eigenvalue weighted by atomic mass is 10.2. The number of hydrogen-bond donors (Lipinski definition) is 3. The normalized spacial score (nSPS) is 12.2. The zero-order chi connectivity index (χ0) is 12.8. The number of benzene rings is 1. The van der Waals surface area contributed by atoms with E-state index in [1.807, 2.05) is 0 Å². The molecule has 1 amide bonds. The van der Waals surface area contributed by atoms with Gasteiger partial charge in [0.2, 0.25) is 5.91 Å². The number of nitrogens with one attached hydrogen (secondary N) is 2. The molecular weight excluding hydrogens is 263 g/mol. The second-order valence-corrected chi connectivity index (χ2v) is 4.36. The van der Waals surface area contributed by atoms with Gasteiger partial charge in [0.15, 0.2) is 0 Å². The fraction of sp³-hybridized carbons (Fsp3) is 0.364. The van der Waals surface area contributed by atoms with E-state index in [-0.39, 0.29) is 12.5 Å². The van der Waals surface area contributed by atoms with Crippen molar-refractivity contribution in [3.8, 4) is 0 Å². The van der Waals surface area contributed by atoms with E-state index >= 15 is 0 Å². The molecule has 0 bridgehead atoms. The third-order valence-corrected chi connectivity index (χ3v) is 2.69. The first-order chi connectivity index (χ1) is 8.04. The molecule has 17 heavy (non-hydrogen) atoms. The fourth-order valence-corrected chi connectivity index (χ4v) is 1.66. The van der Waals surface area contributed by atoms with Crippen LogP contribution in [-0.2, 0) is 4.79 Å². The Hall–Kier alpha value is -0.810. The molecule has 1 rings (SSSR count). The van der Waals surface area contributed by atoms with E-state index in [0.717, 1.165) is 0 Å². The second-order valence-electron chi connectivity index (χ2n) is 3.51. The molecule has 1 aromatic rings. The summed E-state index contributed by atoms with van der Waals surface area (Å²) in [6.07, 6.45) is 0. The van der Waals surface area contributed by atoms with Crippen LogP contribution in [0.25, 0.3) is 0 Å². The van der Waals surface area contributed by atoms with Crippen LogP contribution in [0.15, 0.2) is 18.2 Å². The number of carbonyl (C=O) groups excluding carboxylic acids is 1. The zero-order valence-electron chi connectivity index (χ0n) is 9.34. The molecule has 4 nitrogen and oxygen atoms in total. The van der Waals surface area contributed by atoms with Crippen molar-refractivity contribution in [1.29, 1.82) is 0 Å². The number of amides is 1. The smallest absolute Gasteiger partial charge is 0.241 e. The summed E-state index contributed by atoms with van der Waals surface area (Å²) < 4.78 is 0. The van der Waals surface area contributed by atoms with E-state index in [4.69, 9.17) is 28.3 Å². The van der Waals surface area contributed by atoms with E-state index in [1.165, 1.54) is 0 Å². The van der Waals surface area contributed by atoms with Crippen LogP contribution in [0, 0.1) is 0 Å². The molecule has 0 aromatic heterocycles.